The van der Waals surface area contributed by atoms with Gasteiger partial charge in [-0.05, 0) is 6.42 Å². The molecular weight excluding hydrogens is 401 g/mol. The highest BCUT2D eigenvalue weighted by Gasteiger charge is 2.02. The van der Waals surface area contributed by atoms with E-state index < -0.39 is 6.09 Å². The van der Waals surface area contributed by atoms with Crippen LogP contribution in [0.3, 0.4) is 0 Å². The highest BCUT2D eigenvalue weighted by Crippen LogP contribution is 1.85. The van der Waals surface area contributed by atoms with E-state index in [1.807, 2.05) is 6.92 Å². The van der Waals surface area contributed by atoms with Crippen molar-refractivity contribution in [3.63, 3.8) is 0 Å². The molecule has 7 nitrogen and oxygen atoms in total. The van der Waals surface area contributed by atoms with Gasteiger partial charge in [0.15, 0.2) is 0 Å². The molecule has 0 aliphatic carbocycles. The number of rotatable bonds is 6. The van der Waals surface area contributed by atoms with Crippen molar-refractivity contribution in [3.8, 4) is 0 Å². The minimum atomic E-state index is -1.19. The number of halogens is 1. The third-order valence-electron chi connectivity index (χ3n) is 2.06. The highest BCUT2D eigenvalue weighted by atomic mass is 127. The molecule has 1 amide bonds. The molecule has 3 N–H and O–H groups in total. The van der Waals surface area contributed by atoms with Crippen molar-refractivity contribution in [2.75, 3.05) is 75.1 Å². The first-order valence-electron chi connectivity index (χ1n) is 7.17. The molecule has 0 heterocycles. The van der Waals surface area contributed by atoms with Crippen LogP contribution in [-0.2, 0) is 0 Å². The van der Waals surface area contributed by atoms with E-state index >= 15 is 0 Å². The summed E-state index contributed by atoms with van der Waals surface area (Å²) in [5.41, 5.74) is 0. The Bertz CT molecular complexity index is 225. The van der Waals surface area contributed by atoms with Gasteiger partial charge in [-0.1, -0.05) is 6.92 Å². The van der Waals surface area contributed by atoms with Crippen molar-refractivity contribution >= 4 is 6.09 Å². The summed E-state index contributed by atoms with van der Waals surface area (Å²) in [5.74, 6) is 0. The maximum atomic E-state index is 9.54. The number of nitrogens with one attached hydrogen (secondary N) is 1. The van der Waals surface area contributed by atoms with Crippen LogP contribution >= 0.6 is 0 Å². The summed E-state index contributed by atoms with van der Waals surface area (Å²) in [4.78, 5) is 9.54. The first-order valence-corrected chi connectivity index (χ1v) is 7.17. The van der Waals surface area contributed by atoms with Crippen LogP contribution in [0.15, 0.2) is 0 Å². The maximum absolute atomic E-state index is 9.54. The predicted octanol–water partition coefficient (Wildman–Crippen LogP) is -4.30. The molecule has 0 saturated carbocycles. The van der Waals surface area contributed by atoms with Gasteiger partial charge in [-0.3, -0.25) is 0 Å². The fourth-order valence-corrected chi connectivity index (χ4v) is 0.827. The molecule has 22 heavy (non-hydrogen) atoms. The van der Waals surface area contributed by atoms with Crippen LogP contribution in [-0.4, -0.2) is 100 Å². The zero-order chi connectivity index (χ0) is 17.5. The lowest BCUT2D eigenvalue weighted by Crippen LogP contribution is -3.00. The van der Waals surface area contributed by atoms with Crippen LogP contribution in [0.25, 0.3) is 0 Å². The third-order valence-corrected chi connectivity index (χ3v) is 2.06. The molecule has 0 atom stereocenters. The molecule has 0 saturated heterocycles. The lowest BCUT2D eigenvalue weighted by molar-refractivity contribution is -0.870. The van der Waals surface area contributed by atoms with Crippen molar-refractivity contribution in [2.24, 2.45) is 0 Å². The Balaban J connectivity index is -0.000000108. The van der Waals surface area contributed by atoms with Gasteiger partial charge < -0.3 is 58.4 Å². The number of carboxylic acid groups (broad SMARTS) is 1. The molecule has 0 aromatic heterocycles. The Morgan fingerprint density at radius 3 is 1.32 bits per heavy atom. The average molecular weight is 437 g/mol. The molecule has 0 rings (SSSR count). The predicted molar refractivity (Wildman–Crippen MR) is 83.7 cm³/mol. The first kappa shape index (κ1) is 29.8. The highest BCUT2D eigenvalue weighted by molar-refractivity contribution is 5.61. The van der Waals surface area contributed by atoms with Crippen molar-refractivity contribution in [1.82, 2.24) is 5.32 Å². The van der Waals surface area contributed by atoms with Gasteiger partial charge in [-0.15, -0.1) is 0 Å². The summed E-state index contributed by atoms with van der Waals surface area (Å²) >= 11 is 0. The standard InChI is InChI=1S/2C5H14NO.C4H9NO2.HI/c2*1-6(2,3)4-5-7;1-2-3-5-4(6)7;/h2*7H,4-5H2,1-3H3;5H,2-3H2,1H3,(H,6,7);1H/q2*+1;;/p-2. The number of carbonyl (C=O) groups is 1. The Labute approximate surface area is 153 Å². The van der Waals surface area contributed by atoms with Gasteiger partial charge in [0.25, 0.3) is 0 Å². The Morgan fingerprint density at radius 1 is 0.955 bits per heavy atom. The molecule has 0 bridgehead atoms. The lowest BCUT2D eigenvalue weighted by Gasteiger charge is -2.21. The molecular formula is C14H36IN3O4. The zero-order valence-electron chi connectivity index (χ0n) is 15.2. The molecule has 0 radical (unpaired) electrons. The molecule has 8 heteroatoms. The van der Waals surface area contributed by atoms with E-state index in [2.05, 4.69) is 47.6 Å². The van der Waals surface area contributed by atoms with Crippen LogP contribution < -0.4 is 34.4 Å². The fourth-order valence-electron chi connectivity index (χ4n) is 0.827. The summed E-state index contributed by atoms with van der Waals surface area (Å²) in [6, 6.07) is 0. The largest absolute Gasteiger partial charge is 1.00 e. The van der Waals surface area contributed by atoms with Gasteiger partial charge in [0.2, 0.25) is 0 Å². The van der Waals surface area contributed by atoms with Gasteiger partial charge in [0, 0.05) is 6.54 Å². The van der Waals surface area contributed by atoms with Crippen LogP contribution in [0.4, 0.5) is 4.79 Å². The van der Waals surface area contributed by atoms with E-state index in [-0.39, 0.29) is 37.2 Å². The van der Waals surface area contributed by atoms with Crippen LogP contribution in [0.2, 0.25) is 0 Å². The van der Waals surface area contributed by atoms with Gasteiger partial charge in [0.1, 0.15) is 19.2 Å². The van der Waals surface area contributed by atoms with E-state index in [1.165, 1.54) is 0 Å². The van der Waals surface area contributed by atoms with E-state index in [0.29, 0.717) is 6.54 Å². The van der Waals surface area contributed by atoms with E-state index in [0.717, 1.165) is 28.5 Å². The maximum Gasteiger partial charge on any atom is 0.134 e. The van der Waals surface area contributed by atoms with Crippen LogP contribution in [0.1, 0.15) is 13.3 Å². The molecule has 0 aromatic rings. The number of aliphatic hydroxyl groups excluding tert-OH is 2. The van der Waals surface area contributed by atoms with Gasteiger partial charge in [0.05, 0.1) is 55.5 Å². The number of likely N-dealkylation sites (N-methyl/N-ethyl adjacent to an activating group) is 2. The normalized spacial score (nSPS) is 10.2. The van der Waals surface area contributed by atoms with E-state index in [4.69, 9.17) is 10.2 Å². The van der Waals surface area contributed by atoms with Gasteiger partial charge >= 0.3 is 0 Å². The van der Waals surface area contributed by atoms with Gasteiger partial charge in [-0.2, -0.15) is 0 Å². The lowest BCUT2D eigenvalue weighted by atomic mass is 10.5. The zero-order valence-corrected chi connectivity index (χ0v) is 17.4. The molecule has 0 aliphatic rings. The second-order valence-electron chi connectivity index (χ2n) is 6.69. The van der Waals surface area contributed by atoms with Crippen molar-refractivity contribution in [3.05, 3.63) is 0 Å². The summed E-state index contributed by atoms with van der Waals surface area (Å²) in [6.45, 7) is 4.60. The number of aliphatic hydroxyl groups is 2. The SMILES string of the molecule is CCCNC(=O)[O-].C[N+](C)(C)CCO.C[N+](C)(C)CCO.[I-]. The second kappa shape index (κ2) is 17.2. The van der Waals surface area contributed by atoms with Crippen LogP contribution in [0, 0.1) is 0 Å². The Morgan fingerprint density at radius 2 is 1.27 bits per heavy atom. The topological polar surface area (TPSA) is 92.6 Å². The molecule has 0 unspecified atom stereocenters. The number of quaternary nitrogens is 2. The summed E-state index contributed by atoms with van der Waals surface area (Å²) in [5, 5.41) is 28.4. The minimum absolute atomic E-state index is 0. The van der Waals surface area contributed by atoms with E-state index in [9.17, 15) is 9.90 Å². The Hall–Kier alpha value is -0.160. The van der Waals surface area contributed by atoms with E-state index in [1.54, 1.807) is 0 Å². The molecule has 0 fully saturated rings. The molecule has 138 valence electrons. The monoisotopic (exact) mass is 437 g/mol. The summed E-state index contributed by atoms with van der Waals surface area (Å²) in [7, 11) is 12.3. The summed E-state index contributed by atoms with van der Waals surface area (Å²) < 4.78 is 1.69. The van der Waals surface area contributed by atoms with Crippen molar-refractivity contribution < 1.29 is 53.1 Å². The number of hydrogen-bond donors (Lipinski definition) is 3. The second-order valence-corrected chi connectivity index (χ2v) is 6.69. The number of nitrogens with zero attached hydrogens (tertiary/aromatic N) is 2. The van der Waals surface area contributed by atoms with Gasteiger partial charge in [-0.25, -0.2) is 0 Å². The minimum Gasteiger partial charge on any atom is -1.00 e. The number of hydrogen-bond acceptors (Lipinski definition) is 4. The smallest absolute Gasteiger partial charge is 0.134 e. The Kier molecular flexibility index (Phi) is 23.3. The first-order chi connectivity index (χ1) is 9.39. The quantitative estimate of drug-likeness (QED) is 0.290. The van der Waals surface area contributed by atoms with Crippen molar-refractivity contribution in [1.29, 1.82) is 0 Å². The third kappa shape index (κ3) is 50.2. The number of amides is 1. The van der Waals surface area contributed by atoms with Crippen molar-refractivity contribution in [2.45, 2.75) is 13.3 Å². The van der Waals surface area contributed by atoms with Crippen LogP contribution in [0.5, 0.6) is 0 Å². The molecule has 0 aromatic carbocycles. The fraction of sp³-hybridized carbons (Fsp3) is 0.929. The number of carbonyl (C=O) groups excluding carboxylic acids is 1. The molecule has 0 aliphatic heterocycles. The molecule has 0 spiro atoms. The summed E-state index contributed by atoms with van der Waals surface area (Å²) in [6.07, 6.45) is -0.379. The average Bonchev–Trinajstić information content (AvgIpc) is 2.24.